The summed E-state index contributed by atoms with van der Waals surface area (Å²) in [6.07, 6.45) is 1.79. The zero-order chi connectivity index (χ0) is 13.1. The van der Waals surface area contributed by atoms with Gasteiger partial charge in [0.15, 0.2) is 5.78 Å². The molecule has 0 N–H and O–H groups in total. The summed E-state index contributed by atoms with van der Waals surface area (Å²) < 4.78 is 4.81. The van der Waals surface area contributed by atoms with Gasteiger partial charge in [-0.15, -0.1) is 0 Å². The van der Waals surface area contributed by atoms with Crippen LogP contribution >= 0.6 is 0 Å². The Labute approximate surface area is 103 Å². The fourth-order valence-electron chi connectivity index (χ4n) is 2.38. The predicted molar refractivity (Wildman–Crippen MR) is 65.7 cm³/mol. The summed E-state index contributed by atoms with van der Waals surface area (Å²) in [5.74, 6) is -0.408. The molecule has 0 aromatic heterocycles. The number of nitrogens with zero attached hydrogens (tertiary/aromatic N) is 1. The Bertz CT molecular complexity index is 294. The Morgan fingerprint density at radius 1 is 1.35 bits per heavy atom. The van der Waals surface area contributed by atoms with Crippen molar-refractivity contribution in [2.45, 2.75) is 58.5 Å². The summed E-state index contributed by atoms with van der Waals surface area (Å²) in [6.45, 7) is 9.32. The van der Waals surface area contributed by atoms with Crippen molar-refractivity contribution in [1.29, 1.82) is 0 Å². The lowest BCUT2D eigenvalue weighted by Crippen LogP contribution is -2.48. The summed E-state index contributed by atoms with van der Waals surface area (Å²) in [5, 5.41) is 0. The Morgan fingerprint density at radius 2 is 2.00 bits per heavy atom. The SMILES string of the molecule is CCOC(=O)CC(=O)[C@@H]1CCCN1C(C)(C)C. The molecule has 0 saturated carbocycles. The van der Waals surface area contributed by atoms with Crippen LogP contribution in [0, 0.1) is 0 Å². The summed E-state index contributed by atoms with van der Waals surface area (Å²) in [4.78, 5) is 25.5. The van der Waals surface area contributed by atoms with E-state index in [-0.39, 0.29) is 23.8 Å². The predicted octanol–water partition coefficient (Wildman–Crippen LogP) is 1.77. The molecule has 1 aliphatic heterocycles. The van der Waals surface area contributed by atoms with E-state index in [0.29, 0.717) is 6.61 Å². The molecule has 0 radical (unpaired) electrons. The number of Topliss-reactive ketones (excluding diaryl/α,β-unsaturated/α-hetero) is 1. The zero-order valence-corrected chi connectivity index (χ0v) is 11.3. The van der Waals surface area contributed by atoms with Crippen LogP contribution in [0.2, 0.25) is 0 Å². The van der Waals surface area contributed by atoms with Gasteiger partial charge in [-0.3, -0.25) is 14.5 Å². The lowest BCUT2D eigenvalue weighted by Gasteiger charge is -2.36. The third-order valence-corrected chi connectivity index (χ3v) is 3.11. The van der Waals surface area contributed by atoms with Gasteiger partial charge in [0.25, 0.3) is 0 Å². The molecule has 1 fully saturated rings. The van der Waals surface area contributed by atoms with E-state index in [2.05, 4.69) is 25.7 Å². The van der Waals surface area contributed by atoms with Crippen LogP contribution in [0.4, 0.5) is 0 Å². The van der Waals surface area contributed by atoms with Crippen molar-refractivity contribution in [2.75, 3.05) is 13.2 Å². The lowest BCUT2D eigenvalue weighted by atomic mass is 10.0. The molecule has 0 aromatic carbocycles. The first-order valence-electron chi connectivity index (χ1n) is 6.31. The van der Waals surface area contributed by atoms with Gasteiger partial charge in [0.05, 0.1) is 12.6 Å². The third-order valence-electron chi connectivity index (χ3n) is 3.11. The van der Waals surface area contributed by atoms with Crippen molar-refractivity contribution in [3.63, 3.8) is 0 Å². The molecule has 0 amide bonds. The number of ether oxygens (including phenoxy) is 1. The number of esters is 1. The van der Waals surface area contributed by atoms with Crippen molar-refractivity contribution >= 4 is 11.8 Å². The second-order valence-electron chi connectivity index (χ2n) is 5.47. The standard InChI is InChI=1S/C13H23NO3/c1-5-17-12(16)9-11(15)10-7-6-8-14(10)13(2,3)4/h10H,5-9H2,1-4H3/t10-/m0/s1. The monoisotopic (exact) mass is 241 g/mol. The molecular formula is C13H23NO3. The summed E-state index contributed by atoms with van der Waals surface area (Å²) in [5.41, 5.74) is -0.0223. The van der Waals surface area contributed by atoms with Gasteiger partial charge in [0.2, 0.25) is 0 Å². The molecule has 0 spiro atoms. The van der Waals surface area contributed by atoms with E-state index in [4.69, 9.17) is 4.74 Å². The van der Waals surface area contributed by atoms with Crippen LogP contribution in [0.3, 0.4) is 0 Å². The maximum atomic E-state index is 12.0. The molecule has 1 rings (SSSR count). The first-order chi connectivity index (χ1) is 7.86. The molecule has 1 aliphatic rings. The van der Waals surface area contributed by atoms with Crippen LogP contribution in [0.25, 0.3) is 0 Å². The van der Waals surface area contributed by atoms with Crippen molar-refractivity contribution < 1.29 is 14.3 Å². The fraction of sp³-hybridized carbons (Fsp3) is 0.846. The molecule has 1 saturated heterocycles. The number of hydrogen-bond donors (Lipinski definition) is 0. The van der Waals surface area contributed by atoms with E-state index in [1.807, 2.05) is 0 Å². The van der Waals surface area contributed by atoms with Gasteiger partial charge in [-0.1, -0.05) is 0 Å². The molecule has 17 heavy (non-hydrogen) atoms. The Hall–Kier alpha value is -0.900. The highest BCUT2D eigenvalue weighted by Crippen LogP contribution is 2.27. The van der Waals surface area contributed by atoms with E-state index < -0.39 is 5.97 Å². The molecule has 98 valence electrons. The number of carbonyl (C=O) groups excluding carboxylic acids is 2. The maximum absolute atomic E-state index is 12.0. The molecule has 1 heterocycles. The minimum atomic E-state index is -0.404. The largest absolute Gasteiger partial charge is 0.466 e. The summed E-state index contributed by atoms with van der Waals surface area (Å²) in [7, 11) is 0. The van der Waals surface area contributed by atoms with Crippen LogP contribution in [-0.2, 0) is 14.3 Å². The minimum absolute atomic E-state index is 0.00382. The highest BCUT2D eigenvalue weighted by atomic mass is 16.5. The van der Waals surface area contributed by atoms with Crippen molar-refractivity contribution in [1.82, 2.24) is 4.90 Å². The lowest BCUT2D eigenvalue weighted by molar-refractivity contribution is -0.146. The molecule has 0 unspecified atom stereocenters. The quantitative estimate of drug-likeness (QED) is 0.556. The van der Waals surface area contributed by atoms with Crippen molar-refractivity contribution in [2.24, 2.45) is 0 Å². The number of rotatable bonds is 4. The Kier molecular flexibility index (Phi) is 4.69. The maximum Gasteiger partial charge on any atom is 0.313 e. The highest BCUT2D eigenvalue weighted by Gasteiger charge is 2.37. The van der Waals surface area contributed by atoms with Gasteiger partial charge < -0.3 is 4.74 Å². The molecular weight excluding hydrogens is 218 g/mol. The molecule has 4 heteroatoms. The second kappa shape index (κ2) is 5.63. The molecule has 0 aliphatic carbocycles. The molecule has 0 aromatic rings. The van der Waals surface area contributed by atoms with E-state index in [1.54, 1.807) is 6.92 Å². The first kappa shape index (κ1) is 14.2. The highest BCUT2D eigenvalue weighted by molar-refractivity contribution is 5.98. The van der Waals surface area contributed by atoms with Crippen LogP contribution in [0.15, 0.2) is 0 Å². The number of likely N-dealkylation sites (tertiary alicyclic amines) is 1. The smallest absolute Gasteiger partial charge is 0.313 e. The third kappa shape index (κ3) is 3.80. The first-order valence-corrected chi connectivity index (χ1v) is 6.31. The van der Waals surface area contributed by atoms with Crippen LogP contribution in [0.1, 0.15) is 47.0 Å². The van der Waals surface area contributed by atoms with E-state index in [9.17, 15) is 9.59 Å². The van der Waals surface area contributed by atoms with Gasteiger partial charge >= 0.3 is 5.97 Å². The van der Waals surface area contributed by atoms with Gasteiger partial charge in [-0.25, -0.2) is 0 Å². The second-order valence-corrected chi connectivity index (χ2v) is 5.47. The fourth-order valence-corrected chi connectivity index (χ4v) is 2.38. The minimum Gasteiger partial charge on any atom is -0.466 e. The van der Waals surface area contributed by atoms with Crippen molar-refractivity contribution in [3.05, 3.63) is 0 Å². The normalized spacial score (nSPS) is 21.5. The summed E-state index contributed by atoms with van der Waals surface area (Å²) >= 11 is 0. The number of hydrogen-bond acceptors (Lipinski definition) is 4. The van der Waals surface area contributed by atoms with E-state index in [1.165, 1.54) is 0 Å². The van der Waals surface area contributed by atoms with Crippen LogP contribution in [0.5, 0.6) is 0 Å². The molecule has 0 bridgehead atoms. The van der Waals surface area contributed by atoms with Crippen LogP contribution in [-0.4, -0.2) is 41.4 Å². The average molecular weight is 241 g/mol. The molecule has 4 nitrogen and oxygen atoms in total. The van der Waals surface area contributed by atoms with Crippen LogP contribution < -0.4 is 0 Å². The Morgan fingerprint density at radius 3 is 2.53 bits per heavy atom. The van der Waals surface area contributed by atoms with Crippen molar-refractivity contribution in [3.8, 4) is 0 Å². The average Bonchev–Trinajstić information content (AvgIpc) is 2.65. The topological polar surface area (TPSA) is 46.6 Å². The van der Waals surface area contributed by atoms with E-state index >= 15 is 0 Å². The van der Waals surface area contributed by atoms with Gasteiger partial charge in [0, 0.05) is 5.54 Å². The van der Waals surface area contributed by atoms with Gasteiger partial charge in [-0.2, -0.15) is 0 Å². The Balaban J connectivity index is 2.59. The summed E-state index contributed by atoms with van der Waals surface area (Å²) in [6, 6.07) is -0.112. The number of carbonyl (C=O) groups is 2. The zero-order valence-electron chi connectivity index (χ0n) is 11.3. The van der Waals surface area contributed by atoms with Gasteiger partial charge in [0.1, 0.15) is 6.42 Å². The van der Waals surface area contributed by atoms with E-state index in [0.717, 1.165) is 19.4 Å². The molecule has 1 atom stereocenters. The number of ketones is 1. The van der Waals surface area contributed by atoms with Gasteiger partial charge in [-0.05, 0) is 47.1 Å².